The molecule has 0 aromatic carbocycles. The SMILES string of the molecule is CCNC(=NCc1cccs1)NCCCCCC(=O)N1CCN(C(=O)CC(C)C)CC1.I. The van der Waals surface area contributed by atoms with Crippen molar-refractivity contribution in [2.45, 2.75) is 59.4 Å². The molecule has 1 aliphatic heterocycles. The number of nitrogens with zero attached hydrogens (tertiary/aromatic N) is 3. The Kier molecular flexibility index (Phi) is 14.6. The highest BCUT2D eigenvalue weighted by atomic mass is 127. The van der Waals surface area contributed by atoms with Crippen molar-refractivity contribution in [2.24, 2.45) is 10.9 Å². The van der Waals surface area contributed by atoms with Crippen molar-refractivity contribution < 1.29 is 9.59 Å². The van der Waals surface area contributed by atoms with Gasteiger partial charge in [0.05, 0.1) is 6.54 Å². The molecule has 0 spiro atoms. The number of thiophene rings is 1. The molecule has 32 heavy (non-hydrogen) atoms. The number of unbranched alkanes of at least 4 members (excludes halogenated alkanes) is 2. The van der Waals surface area contributed by atoms with E-state index in [2.05, 4.69) is 47.8 Å². The lowest BCUT2D eigenvalue weighted by molar-refractivity contribution is -0.140. The molecule has 1 aromatic heterocycles. The van der Waals surface area contributed by atoms with E-state index in [0.29, 0.717) is 51.5 Å². The van der Waals surface area contributed by atoms with Crippen LogP contribution in [0.3, 0.4) is 0 Å². The van der Waals surface area contributed by atoms with E-state index in [4.69, 9.17) is 0 Å². The number of nitrogens with one attached hydrogen (secondary N) is 2. The molecule has 0 atom stereocenters. The van der Waals surface area contributed by atoms with E-state index < -0.39 is 0 Å². The standard InChI is InChI=1S/C23H39N5O2S.HI/c1-4-24-23(26-18-20-9-8-16-31-20)25-11-7-5-6-10-21(29)27-12-14-28(15-13-27)22(30)17-19(2)3;/h8-9,16,19H,4-7,10-15,17-18H2,1-3H3,(H2,24,25,26);1H. The Morgan fingerprint density at radius 2 is 1.75 bits per heavy atom. The maximum absolute atomic E-state index is 12.5. The lowest BCUT2D eigenvalue weighted by atomic mass is 10.1. The summed E-state index contributed by atoms with van der Waals surface area (Å²) in [6.45, 7) is 11.2. The number of guanidine groups is 1. The first kappa shape index (κ1) is 28.7. The van der Waals surface area contributed by atoms with Crippen LogP contribution in [0.2, 0.25) is 0 Å². The predicted octanol–water partition coefficient (Wildman–Crippen LogP) is 3.70. The average molecular weight is 578 g/mol. The van der Waals surface area contributed by atoms with Gasteiger partial charge in [0, 0.05) is 57.0 Å². The van der Waals surface area contributed by atoms with E-state index in [9.17, 15) is 9.59 Å². The van der Waals surface area contributed by atoms with E-state index in [1.54, 1.807) is 11.3 Å². The third-order valence-electron chi connectivity index (χ3n) is 5.25. The summed E-state index contributed by atoms with van der Waals surface area (Å²) in [6, 6.07) is 4.14. The minimum atomic E-state index is 0. The molecule has 0 saturated carbocycles. The van der Waals surface area contributed by atoms with E-state index >= 15 is 0 Å². The molecule has 2 rings (SSSR count). The average Bonchev–Trinajstić information content (AvgIpc) is 3.27. The smallest absolute Gasteiger partial charge is 0.222 e. The second kappa shape index (κ2) is 16.3. The number of rotatable bonds is 11. The maximum atomic E-state index is 12.5. The molecular weight excluding hydrogens is 537 g/mol. The van der Waals surface area contributed by atoms with Crippen molar-refractivity contribution in [3.63, 3.8) is 0 Å². The minimum absolute atomic E-state index is 0. The quantitative estimate of drug-likeness (QED) is 0.182. The number of hydrogen-bond donors (Lipinski definition) is 2. The molecule has 0 radical (unpaired) electrons. The lowest BCUT2D eigenvalue weighted by Gasteiger charge is -2.35. The van der Waals surface area contributed by atoms with Gasteiger partial charge in [-0.25, -0.2) is 4.99 Å². The first-order valence-electron chi connectivity index (χ1n) is 11.6. The number of aliphatic imine (C=N–C) groups is 1. The van der Waals surface area contributed by atoms with E-state index in [1.807, 2.05) is 15.9 Å². The number of piperazine rings is 1. The Morgan fingerprint density at radius 1 is 1.06 bits per heavy atom. The molecule has 2 heterocycles. The van der Waals surface area contributed by atoms with Crippen molar-refractivity contribution in [1.29, 1.82) is 0 Å². The van der Waals surface area contributed by atoms with E-state index in [1.165, 1.54) is 4.88 Å². The van der Waals surface area contributed by atoms with Gasteiger partial charge in [-0.15, -0.1) is 35.3 Å². The maximum Gasteiger partial charge on any atom is 0.222 e. The molecular formula is C23H40IN5O2S. The first-order valence-corrected chi connectivity index (χ1v) is 12.5. The Labute approximate surface area is 214 Å². The third-order valence-corrected chi connectivity index (χ3v) is 6.11. The number of halogens is 1. The van der Waals surface area contributed by atoms with Crippen LogP contribution in [-0.2, 0) is 16.1 Å². The molecule has 0 unspecified atom stereocenters. The number of amides is 2. The second-order valence-electron chi connectivity index (χ2n) is 8.37. The second-order valence-corrected chi connectivity index (χ2v) is 9.40. The van der Waals surface area contributed by atoms with Gasteiger partial charge >= 0.3 is 0 Å². The Hall–Kier alpha value is -1.36. The van der Waals surface area contributed by atoms with Crippen LogP contribution in [0.25, 0.3) is 0 Å². The summed E-state index contributed by atoms with van der Waals surface area (Å²) in [4.78, 5) is 34.3. The zero-order valence-electron chi connectivity index (χ0n) is 19.8. The molecule has 1 aliphatic rings. The fourth-order valence-electron chi connectivity index (χ4n) is 3.53. The first-order chi connectivity index (χ1) is 15.0. The Balaban J connectivity index is 0.00000512. The van der Waals surface area contributed by atoms with Crippen LogP contribution in [0.5, 0.6) is 0 Å². The highest BCUT2D eigenvalue weighted by Gasteiger charge is 2.23. The number of hydrogen-bond acceptors (Lipinski definition) is 4. The molecule has 0 bridgehead atoms. The topological polar surface area (TPSA) is 77.0 Å². The summed E-state index contributed by atoms with van der Waals surface area (Å²) in [6.07, 6.45) is 4.10. The van der Waals surface area contributed by atoms with Gasteiger partial charge < -0.3 is 20.4 Å². The van der Waals surface area contributed by atoms with Gasteiger partial charge in [-0.2, -0.15) is 0 Å². The molecule has 1 aromatic rings. The normalized spacial score (nSPS) is 14.3. The van der Waals surface area contributed by atoms with Gasteiger partial charge in [0.25, 0.3) is 0 Å². The van der Waals surface area contributed by atoms with Crippen LogP contribution < -0.4 is 10.6 Å². The summed E-state index contributed by atoms with van der Waals surface area (Å²) in [5.41, 5.74) is 0. The van der Waals surface area contributed by atoms with Crippen molar-refractivity contribution in [3.8, 4) is 0 Å². The van der Waals surface area contributed by atoms with Crippen molar-refractivity contribution in [3.05, 3.63) is 22.4 Å². The fraction of sp³-hybridized carbons (Fsp3) is 0.696. The minimum Gasteiger partial charge on any atom is -0.357 e. The molecule has 2 N–H and O–H groups in total. The summed E-state index contributed by atoms with van der Waals surface area (Å²) < 4.78 is 0. The largest absolute Gasteiger partial charge is 0.357 e. The van der Waals surface area contributed by atoms with Crippen LogP contribution in [0.15, 0.2) is 22.5 Å². The van der Waals surface area contributed by atoms with Gasteiger partial charge in [0.1, 0.15) is 0 Å². The molecule has 1 saturated heterocycles. The zero-order chi connectivity index (χ0) is 22.5. The molecule has 182 valence electrons. The van der Waals surface area contributed by atoms with Crippen LogP contribution in [0, 0.1) is 5.92 Å². The summed E-state index contributed by atoms with van der Waals surface area (Å²) in [7, 11) is 0. The highest BCUT2D eigenvalue weighted by Crippen LogP contribution is 2.11. The van der Waals surface area contributed by atoms with Crippen molar-refractivity contribution in [2.75, 3.05) is 39.3 Å². The highest BCUT2D eigenvalue weighted by molar-refractivity contribution is 14.0. The van der Waals surface area contributed by atoms with Gasteiger partial charge in [-0.05, 0) is 37.1 Å². The fourth-order valence-corrected chi connectivity index (χ4v) is 4.16. The molecule has 7 nitrogen and oxygen atoms in total. The molecule has 9 heteroatoms. The Bertz CT molecular complexity index is 689. The Morgan fingerprint density at radius 3 is 2.34 bits per heavy atom. The summed E-state index contributed by atoms with van der Waals surface area (Å²) in [5.74, 6) is 1.65. The van der Waals surface area contributed by atoms with Gasteiger partial charge in [0.2, 0.25) is 11.8 Å². The molecule has 2 amide bonds. The predicted molar refractivity (Wildman–Crippen MR) is 144 cm³/mol. The van der Waals surface area contributed by atoms with E-state index in [0.717, 1.165) is 38.3 Å². The summed E-state index contributed by atoms with van der Waals surface area (Å²) in [5, 5.41) is 8.72. The van der Waals surface area contributed by atoms with Crippen molar-refractivity contribution >= 4 is 53.1 Å². The van der Waals surface area contributed by atoms with Gasteiger partial charge in [-0.3, -0.25) is 9.59 Å². The van der Waals surface area contributed by atoms with Crippen LogP contribution in [0.1, 0.15) is 57.8 Å². The van der Waals surface area contributed by atoms with Crippen molar-refractivity contribution in [1.82, 2.24) is 20.4 Å². The summed E-state index contributed by atoms with van der Waals surface area (Å²) >= 11 is 1.72. The molecule has 1 fully saturated rings. The van der Waals surface area contributed by atoms with E-state index in [-0.39, 0.29) is 35.8 Å². The molecule has 0 aliphatic carbocycles. The van der Waals surface area contributed by atoms with Crippen LogP contribution in [-0.4, -0.2) is 66.8 Å². The van der Waals surface area contributed by atoms with Crippen LogP contribution in [0.4, 0.5) is 0 Å². The van der Waals surface area contributed by atoms with Gasteiger partial charge in [-0.1, -0.05) is 26.3 Å². The monoisotopic (exact) mass is 577 g/mol. The lowest BCUT2D eigenvalue weighted by Crippen LogP contribution is -2.50. The zero-order valence-corrected chi connectivity index (χ0v) is 22.9. The third kappa shape index (κ3) is 11.0. The number of carbonyl (C=O) groups is 2. The van der Waals surface area contributed by atoms with Gasteiger partial charge in [0.15, 0.2) is 5.96 Å². The number of carbonyl (C=O) groups excluding carboxylic acids is 2. The van der Waals surface area contributed by atoms with Crippen LogP contribution >= 0.6 is 35.3 Å².